The smallest absolute Gasteiger partial charge is 0.383 e. The molecule has 4 rings (SSSR count). The summed E-state index contributed by atoms with van der Waals surface area (Å²) in [6.45, 7) is 5.40. The van der Waals surface area contributed by atoms with Crippen LogP contribution in [0.3, 0.4) is 0 Å². The van der Waals surface area contributed by atoms with Gasteiger partial charge in [0, 0.05) is 6.07 Å². The summed E-state index contributed by atoms with van der Waals surface area (Å²) in [5.41, 5.74) is 1.90. The van der Waals surface area contributed by atoms with Crippen LogP contribution in [0.15, 0.2) is 88.1 Å². The van der Waals surface area contributed by atoms with Crippen molar-refractivity contribution in [2.24, 2.45) is 5.92 Å². The average molecular weight is 459 g/mol. The quantitative estimate of drug-likeness (QED) is 0.232. The Morgan fingerprint density at radius 3 is 1.97 bits per heavy atom. The fourth-order valence-electron chi connectivity index (χ4n) is 3.69. The Kier molecular flexibility index (Phi) is 7.87. The van der Waals surface area contributed by atoms with Gasteiger partial charge in [0.15, 0.2) is 5.75 Å². The van der Waals surface area contributed by atoms with Crippen molar-refractivity contribution in [3.63, 3.8) is 0 Å². The first-order chi connectivity index (χ1) is 16.7. The zero-order valence-electron chi connectivity index (χ0n) is 19.7. The molecule has 5 heteroatoms. The van der Waals surface area contributed by atoms with Crippen molar-refractivity contribution in [3.05, 3.63) is 100 Å². The second kappa shape index (κ2) is 11.4. The van der Waals surface area contributed by atoms with Gasteiger partial charge in [-0.3, -0.25) is 0 Å². The van der Waals surface area contributed by atoms with Crippen molar-refractivity contribution in [1.82, 2.24) is 0 Å². The Morgan fingerprint density at radius 2 is 1.35 bits per heavy atom. The van der Waals surface area contributed by atoms with E-state index < -0.39 is 5.63 Å². The van der Waals surface area contributed by atoms with Crippen LogP contribution in [0, 0.1) is 5.92 Å². The molecule has 0 aliphatic carbocycles. The molecule has 1 heterocycles. The fraction of sp³-hybridized carbons (Fsp3) is 0.276. The molecule has 0 aliphatic rings. The van der Waals surface area contributed by atoms with E-state index in [-0.39, 0.29) is 5.75 Å². The predicted octanol–water partition coefficient (Wildman–Crippen LogP) is 6.77. The third kappa shape index (κ3) is 5.79. The van der Waals surface area contributed by atoms with E-state index in [2.05, 4.69) is 13.8 Å². The monoisotopic (exact) mass is 458 g/mol. The van der Waals surface area contributed by atoms with Crippen molar-refractivity contribution in [2.75, 3.05) is 6.61 Å². The van der Waals surface area contributed by atoms with E-state index >= 15 is 0 Å². The Morgan fingerprint density at radius 1 is 0.735 bits per heavy atom. The fourth-order valence-corrected chi connectivity index (χ4v) is 3.69. The van der Waals surface area contributed by atoms with Gasteiger partial charge in [-0.15, -0.1) is 0 Å². The van der Waals surface area contributed by atoms with Crippen molar-refractivity contribution in [3.8, 4) is 17.2 Å². The molecule has 5 nitrogen and oxygen atoms in total. The summed E-state index contributed by atoms with van der Waals surface area (Å²) in [5, 5.41) is 0.669. The van der Waals surface area contributed by atoms with E-state index in [1.165, 1.54) is 0 Å². The first-order valence-electron chi connectivity index (χ1n) is 11.7. The van der Waals surface area contributed by atoms with Crippen LogP contribution < -0.4 is 19.8 Å². The molecular formula is C29H30O5. The maximum atomic E-state index is 12.9. The van der Waals surface area contributed by atoms with Crippen LogP contribution in [0.5, 0.6) is 17.2 Å². The summed E-state index contributed by atoms with van der Waals surface area (Å²) >= 11 is 0. The summed E-state index contributed by atoms with van der Waals surface area (Å²) in [7, 11) is 0. The van der Waals surface area contributed by atoms with Gasteiger partial charge in [0.1, 0.15) is 24.5 Å². The number of benzene rings is 3. The molecule has 0 fully saturated rings. The van der Waals surface area contributed by atoms with E-state index in [0.717, 1.165) is 24.0 Å². The number of ether oxygens (including phenoxy) is 3. The van der Waals surface area contributed by atoms with Gasteiger partial charge in [-0.1, -0.05) is 87.4 Å². The summed E-state index contributed by atoms with van der Waals surface area (Å²) < 4.78 is 23.7. The minimum atomic E-state index is -0.554. The Labute approximate surface area is 199 Å². The Balaban J connectivity index is 1.64. The van der Waals surface area contributed by atoms with Crippen molar-refractivity contribution in [2.45, 2.75) is 39.9 Å². The molecule has 0 unspecified atom stereocenters. The lowest BCUT2D eigenvalue weighted by Crippen LogP contribution is -2.16. The van der Waals surface area contributed by atoms with Gasteiger partial charge in [-0.25, -0.2) is 4.79 Å². The lowest BCUT2D eigenvalue weighted by molar-refractivity contribution is 0.213. The molecule has 0 aliphatic heterocycles. The standard InChI is InChI=1S/C29H30O5/c1-3-21(4-2)18-33-28-27(32-20-23-13-9-6-10-14-23)25-16-15-24(17-26(25)34-29(28)30)31-19-22-11-7-5-8-12-22/h5-17,21H,3-4,18-20H2,1-2H3. The topological polar surface area (TPSA) is 57.9 Å². The van der Waals surface area contributed by atoms with Gasteiger partial charge in [-0.05, 0) is 29.2 Å². The SMILES string of the molecule is CCC(CC)COc1c(OCc2ccccc2)c2ccc(OCc3ccccc3)cc2oc1=O. The van der Waals surface area contributed by atoms with Gasteiger partial charge in [0.2, 0.25) is 5.75 Å². The van der Waals surface area contributed by atoms with E-state index in [9.17, 15) is 4.79 Å². The van der Waals surface area contributed by atoms with E-state index in [1.54, 1.807) is 6.07 Å². The molecule has 4 aromatic rings. The highest BCUT2D eigenvalue weighted by atomic mass is 16.5. The van der Waals surface area contributed by atoms with Gasteiger partial charge >= 0.3 is 5.63 Å². The van der Waals surface area contributed by atoms with Crippen molar-refractivity contribution < 1.29 is 18.6 Å². The maximum absolute atomic E-state index is 12.9. The highest BCUT2D eigenvalue weighted by Gasteiger charge is 2.20. The molecular weight excluding hydrogens is 428 g/mol. The average Bonchev–Trinajstić information content (AvgIpc) is 2.88. The molecule has 0 radical (unpaired) electrons. The van der Waals surface area contributed by atoms with Gasteiger partial charge in [-0.2, -0.15) is 0 Å². The van der Waals surface area contributed by atoms with Gasteiger partial charge < -0.3 is 18.6 Å². The zero-order valence-corrected chi connectivity index (χ0v) is 19.7. The second-order valence-electron chi connectivity index (χ2n) is 8.25. The van der Waals surface area contributed by atoms with Crippen LogP contribution in [0.1, 0.15) is 37.8 Å². The largest absolute Gasteiger partial charge is 0.489 e. The first-order valence-corrected chi connectivity index (χ1v) is 11.7. The van der Waals surface area contributed by atoms with E-state index in [4.69, 9.17) is 18.6 Å². The van der Waals surface area contributed by atoms with Crippen molar-refractivity contribution in [1.29, 1.82) is 0 Å². The first kappa shape index (κ1) is 23.4. The lowest BCUT2D eigenvalue weighted by Gasteiger charge is -2.17. The molecule has 0 saturated carbocycles. The third-order valence-electron chi connectivity index (χ3n) is 5.88. The minimum Gasteiger partial charge on any atom is -0.489 e. The number of rotatable bonds is 11. The lowest BCUT2D eigenvalue weighted by atomic mass is 10.1. The van der Waals surface area contributed by atoms with Crippen LogP contribution in [-0.2, 0) is 13.2 Å². The minimum absolute atomic E-state index is 0.119. The van der Waals surface area contributed by atoms with Crippen molar-refractivity contribution >= 4 is 11.0 Å². The third-order valence-corrected chi connectivity index (χ3v) is 5.88. The summed E-state index contributed by atoms with van der Waals surface area (Å²) in [4.78, 5) is 12.9. The highest BCUT2D eigenvalue weighted by Crippen LogP contribution is 2.35. The maximum Gasteiger partial charge on any atom is 0.383 e. The normalized spacial score (nSPS) is 11.0. The van der Waals surface area contributed by atoms with Crippen LogP contribution in [0.25, 0.3) is 11.0 Å². The van der Waals surface area contributed by atoms with Gasteiger partial charge in [0.25, 0.3) is 0 Å². The molecule has 176 valence electrons. The predicted molar refractivity (Wildman–Crippen MR) is 134 cm³/mol. The number of hydrogen-bond acceptors (Lipinski definition) is 5. The van der Waals surface area contributed by atoms with E-state index in [1.807, 2.05) is 72.8 Å². The number of hydrogen-bond donors (Lipinski definition) is 0. The Bertz CT molecular complexity index is 1240. The van der Waals surface area contributed by atoms with Crippen LogP contribution in [-0.4, -0.2) is 6.61 Å². The molecule has 0 amide bonds. The summed E-state index contributed by atoms with van der Waals surface area (Å²) in [5.74, 6) is 1.48. The van der Waals surface area contributed by atoms with E-state index in [0.29, 0.717) is 48.2 Å². The van der Waals surface area contributed by atoms with Crippen LogP contribution in [0.4, 0.5) is 0 Å². The summed E-state index contributed by atoms with van der Waals surface area (Å²) in [6, 6.07) is 25.2. The molecule has 0 spiro atoms. The molecule has 34 heavy (non-hydrogen) atoms. The van der Waals surface area contributed by atoms with Gasteiger partial charge in [0.05, 0.1) is 12.0 Å². The number of fused-ring (bicyclic) bond motifs is 1. The second-order valence-corrected chi connectivity index (χ2v) is 8.25. The molecule has 0 saturated heterocycles. The molecule has 0 atom stereocenters. The molecule has 0 N–H and O–H groups in total. The Hall–Kier alpha value is -3.73. The molecule has 3 aromatic carbocycles. The molecule has 0 bridgehead atoms. The molecule has 1 aromatic heterocycles. The van der Waals surface area contributed by atoms with Crippen LogP contribution >= 0.6 is 0 Å². The van der Waals surface area contributed by atoms with Crippen LogP contribution in [0.2, 0.25) is 0 Å². The zero-order chi connectivity index (χ0) is 23.8. The highest BCUT2D eigenvalue weighted by molar-refractivity contribution is 5.86. The summed E-state index contributed by atoms with van der Waals surface area (Å²) in [6.07, 6.45) is 1.94.